The number of carbonyl (C=O) groups is 4. The van der Waals surface area contributed by atoms with E-state index in [0.717, 1.165) is 38.5 Å². The van der Waals surface area contributed by atoms with E-state index in [4.69, 9.17) is 14.2 Å². The number of ether oxygens (including phenoxy) is 3. The lowest BCUT2D eigenvalue weighted by molar-refractivity contribution is -0.154. The number of likely N-dealkylation sites (N-methyl/N-ethyl adjacent to an activating group) is 2. The van der Waals surface area contributed by atoms with Gasteiger partial charge in [0.15, 0.2) is 0 Å². The van der Waals surface area contributed by atoms with Crippen LogP contribution in [0.25, 0.3) is 0 Å². The third-order valence-corrected chi connectivity index (χ3v) is 10.8. The smallest absolute Gasteiger partial charge is 0.311 e. The van der Waals surface area contributed by atoms with Gasteiger partial charge in [0.25, 0.3) is 0 Å². The number of nitrogens with zero attached hydrogens (tertiary/aromatic N) is 3. The fourth-order valence-corrected chi connectivity index (χ4v) is 8.06. The molecule has 0 radical (unpaired) electrons. The van der Waals surface area contributed by atoms with Gasteiger partial charge in [-0.3, -0.25) is 24.1 Å². The van der Waals surface area contributed by atoms with E-state index in [9.17, 15) is 19.2 Å². The van der Waals surface area contributed by atoms with Gasteiger partial charge in [-0.05, 0) is 63.8 Å². The van der Waals surface area contributed by atoms with Crippen molar-refractivity contribution in [2.75, 3.05) is 42.0 Å². The molecular weight excluding hydrogens is 564 g/mol. The van der Waals surface area contributed by atoms with Gasteiger partial charge in [-0.2, -0.15) is 0 Å². The van der Waals surface area contributed by atoms with Crippen LogP contribution in [0.2, 0.25) is 0 Å². The zero-order valence-corrected chi connectivity index (χ0v) is 28.7. The molecule has 3 unspecified atom stereocenters. The molecule has 3 amide bonds. The Morgan fingerprint density at radius 3 is 2.20 bits per heavy atom. The fraction of sp³-hybridized carbons (Fsp3) is 0.879. The maximum absolute atomic E-state index is 14.1. The first-order valence-corrected chi connectivity index (χ1v) is 16.5. The first-order valence-electron chi connectivity index (χ1n) is 16.5. The molecule has 3 fully saturated rings. The quantitative estimate of drug-likeness (QED) is 0.277. The molecule has 1 aliphatic carbocycles. The number of hydrogen-bond acceptors (Lipinski definition) is 8. The summed E-state index contributed by atoms with van der Waals surface area (Å²) in [5.41, 5.74) is 0. The largest absolute Gasteiger partial charge is 0.469 e. The highest BCUT2D eigenvalue weighted by Crippen LogP contribution is 2.41. The van der Waals surface area contributed by atoms with Crippen molar-refractivity contribution in [3.05, 3.63) is 0 Å². The highest BCUT2D eigenvalue weighted by atomic mass is 16.5. The number of piperidine rings is 1. The minimum atomic E-state index is -0.690. The SMILES string of the molecule is CC[C@H](C)[C@@H]([C@@H](CC(=O)N1CCC[C@H]1[C@H](OC)[C@@H](C)C(=O)OC)OC)N(C)C(=O)[C@@H](NC(=O)C1C2CCC(C2)N1C)C(C)C. The lowest BCUT2D eigenvalue weighted by Gasteiger charge is -2.41. The molecule has 1 saturated carbocycles. The normalized spacial score (nSPS) is 27.5. The second-order valence-corrected chi connectivity index (χ2v) is 13.7. The highest BCUT2D eigenvalue weighted by Gasteiger charge is 2.48. The van der Waals surface area contributed by atoms with Gasteiger partial charge in [0.2, 0.25) is 17.7 Å². The number of nitrogens with one attached hydrogen (secondary N) is 1. The van der Waals surface area contributed by atoms with Crippen molar-refractivity contribution in [3.8, 4) is 0 Å². The van der Waals surface area contributed by atoms with Crippen molar-refractivity contribution < 1.29 is 33.4 Å². The summed E-state index contributed by atoms with van der Waals surface area (Å²) in [5, 5.41) is 3.12. The molecule has 0 aromatic carbocycles. The van der Waals surface area contributed by atoms with Crippen LogP contribution in [0.1, 0.15) is 79.6 Å². The van der Waals surface area contributed by atoms with Crippen LogP contribution in [-0.4, -0.2) is 123 Å². The van der Waals surface area contributed by atoms with Crippen molar-refractivity contribution in [1.29, 1.82) is 0 Å². The molecule has 2 saturated heterocycles. The van der Waals surface area contributed by atoms with E-state index in [-0.39, 0.29) is 54.0 Å². The van der Waals surface area contributed by atoms with Crippen LogP contribution in [0, 0.1) is 23.7 Å². The van der Waals surface area contributed by atoms with Gasteiger partial charge in [-0.1, -0.05) is 34.1 Å². The molecule has 2 bridgehead atoms. The summed E-state index contributed by atoms with van der Waals surface area (Å²) in [6, 6.07) is -1.10. The van der Waals surface area contributed by atoms with E-state index < -0.39 is 30.2 Å². The number of likely N-dealkylation sites (tertiary alicyclic amines) is 2. The molecule has 1 N–H and O–H groups in total. The summed E-state index contributed by atoms with van der Waals surface area (Å²) in [5.74, 6) is -1.00. The molecule has 0 spiro atoms. The van der Waals surface area contributed by atoms with Gasteiger partial charge in [0.05, 0.1) is 49.8 Å². The van der Waals surface area contributed by atoms with Crippen LogP contribution in [0.5, 0.6) is 0 Å². The maximum Gasteiger partial charge on any atom is 0.311 e. The number of rotatable bonds is 15. The Morgan fingerprint density at radius 1 is 1.00 bits per heavy atom. The molecule has 10 atom stereocenters. The van der Waals surface area contributed by atoms with Crippen LogP contribution >= 0.6 is 0 Å². The Labute approximate surface area is 264 Å². The van der Waals surface area contributed by atoms with Crippen LogP contribution in [0.15, 0.2) is 0 Å². The van der Waals surface area contributed by atoms with Gasteiger partial charge >= 0.3 is 5.97 Å². The van der Waals surface area contributed by atoms with Crippen molar-refractivity contribution in [2.45, 2.75) is 122 Å². The Hall–Kier alpha value is -2.24. The van der Waals surface area contributed by atoms with Gasteiger partial charge in [-0.15, -0.1) is 0 Å². The Balaban J connectivity index is 1.77. The molecule has 0 aromatic heterocycles. The predicted octanol–water partition coefficient (Wildman–Crippen LogP) is 2.70. The Morgan fingerprint density at radius 2 is 1.68 bits per heavy atom. The van der Waals surface area contributed by atoms with Crippen LogP contribution in [-0.2, 0) is 33.4 Å². The van der Waals surface area contributed by atoms with Crippen LogP contribution < -0.4 is 5.32 Å². The first-order chi connectivity index (χ1) is 20.8. The van der Waals surface area contributed by atoms with Crippen LogP contribution in [0.4, 0.5) is 0 Å². The van der Waals surface area contributed by atoms with E-state index in [1.807, 2.05) is 20.9 Å². The van der Waals surface area contributed by atoms with Gasteiger partial charge in [0.1, 0.15) is 6.04 Å². The van der Waals surface area contributed by atoms with Gasteiger partial charge in [0, 0.05) is 33.9 Å². The third-order valence-electron chi connectivity index (χ3n) is 10.8. The van der Waals surface area contributed by atoms with Crippen molar-refractivity contribution >= 4 is 23.7 Å². The molecule has 3 aliphatic rings. The standard InChI is InChI=1S/C33H58N4O7/c1-11-20(4)28(25(42-8)18-26(38)37-16-12-13-24(37)30(43-9)21(5)33(41)44-10)36(7)32(40)27(19(2)3)34-31(39)29-22-14-15-23(17-22)35(29)6/h19-25,27-30H,11-18H2,1-10H3,(H,34,39)/t20-,21+,22?,23?,24-,25+,27-,28-,29?,30+/m0/s1. The first kappa shape index (κ1) is 36.2. The van der Waals surface area contributed by atoms with Gasteiger partial charge < -0.3 is 29.3 Å². The van der Waals surface area contributed by atoms with E-state index in [1.54, 1.807) is 38.0 Å². The molecule has 2 aliphatic heterocycles. The lowest BCUT2D eigenvalue weighted by Crippen LogP contribution is -2.60. The summed E-state index contributed by atoms with van der Waals surface area (Å²) in [6.45, 7) is 10.4. The number of methoxy groups -OCH3 is 3. The van der Waals surface area contributed by atoms with Crippen molar-refractivity contribution in [2.24, 2.45) is 23.7 Å². The topological polar surface area (TPSA) is 118 Å². The van der Waals surface area contributed by atoms with E-state index in [0.29, 0.717) is 18.5 Å². The predicted molar refractivity (Wildman–Crippen MR) is 168 cm³/mol. The molecule has 0 aromatic rings. The summed E-state index contributed by atoms with van der Waals surface area (Å²) < 4.78 is 16.6. The minimum absolute atomic E-state index is 0.0300. The summed E-state index contributed by atoms with van der Waals surface area (Å²) in [7, 11) is 8.27. The monoisotopic (exact) mass is 622 g/mol. The van der Waals surface area contributed by atoms with Gasteiger partial charge in [-0.25, -0.2) is 0 Å². The molecule has 252 valence electrons. The fourth-order valence-electron chi connectivity index (χ4n) is 8.06. The number of carbonyl (C=O) groups excluding carboxylic acids is 4. The second kappa shape index (κ2) is 15.9. The molecular formula is C33H58N4O7. The number of fused-ring (bicyclic) bond motifs is 2. The lowest BCUT2D eigenvalue weighted by atomic mass is 9.89. The number of esters is 1. The molecule has 11 heteroatoms. The molecule has 2 heterocycles. The zero-order valence-electron chi connectivity index (χ0n) is 28.7. The highest BCUT2D eigenvalue weighted by molar-refractivity contribution is 5.90. The van der Waals surface area contributed by atoms with E-state index in [1.165, 1.54) is 7.11 Å². The Kier molecular flexibility index (Phi) is 13.1. The van der Waals surface area contributed by atoms with E-state index >= 15 is 0 Å². The van der Waals surface area contributed by atoms with Crippen molar-refractivity contribution in [3.63, 3.8) is 0 Å². The number of amides is 3. The zero-order chi connectivity index (χ0) is 32.9. The van der Waals surface area contributed by atoms with E-state index in [2.05, 4.69) is 24.1 Å². The summed E-state index contributed by atoms with van der Waals surface area (Å²) >= 11 is 0. The molecule has 3 rings (SSSR count). The minimum Gasteiger partial charge on any atom is -0.469 e. The second-order valence-electron chi connectivity index (χ2n) is 13.7. The number of hydrogen-bond donors (Lipinski definition) is 1. The Bertz CT molecular complexity index is 1010. The molecule has 11 nitrogen and oxygen atoms in total. The van der Waals surface area contributed by atoms with Crippen LogP contribution in [0.3, 0.4) is 0 Å². The van der Waals surface area contributed by atoms with Crippen molar-refractivity contribution in [1.82, 2.24) is 20.0 Å². The average Bonchev–Trinajstić information content (AvgIpc) is 3.75. The average molecular weight is 623 g/mol. The third kappa shape index (κ3) is 7.58. The summed E-state index contributed by atoms with van der Waals surface area (Å²) in [6.07, 6.45) is 4.56. The maximum atomic E-state index is 14.1. The molecule has 44 heavy (non-hydrogen) atoms. The summed E-state index contributed by atoms with van der Waals surface area (Å²) in [4.78, 5) is 59.5.